The van der Waals surface area contributed by atoms with Crippen molar-refractivity contribution in [3.8, 4) is 21.8 Å². The summed E-state index contributed by atoms with van der Waals surface area (Å²) >= 11 is 1.62. The molecule has 2 saturated heterocycles. The predicted molar refractivity (Wildman–Crippen MR) is 135 cm³/mol. The van der Waals surface area contributed by atoms with Gasteiger partial charge in [0.2, 0.25) is 0 Å². The standard InChI is InChI=1S/C24H26N4OS.2ClH/c29-24(28-14-4-6-21(28)16-27-12-1-2-13-27)19-9-7-18(8-10-19)23-26-22(17-30-23)20-5-3-11-25-15-20;;/h3,5,7-11,15,17,21H,1-2,4,6,12-14,16H2;2*1H/t21-;;/m0../s1. The number of hydrogen-bond acceptors (Lipinski definition) is 5. The molecule has 32 heavy (non-hydrogen) atoms. The number of carbonyl (C=O) groups is 1. The lowest BCUT2D eigenvalue weighted by Gasteiger charge is -2.28. The quantitative estimate of drug-likeness (QED) is 0.479. The van der Waals surface area contributed by atoms with Gasteiger partial charge in [0.15, 0.2) is 0 Å². The Labute approximate surface area is 205 Å². The first-order chi connectivity index (χ1) is 14.8. The molecule has 3 aromatic rings. The van der Waals surface area contributed by atoms with Crippen LogP contribution in [0, 0.1) is 0 Å². The summed E-state index contributed by atoms with van der Waals surface area (Å²) in [5, 5.41) is 3.01. The maximum atomic E-state index is 13.2. The molecule has 0 saturated carbocycles. The first kappa shape index (κ1) is 24.6. The van der Waals surface area contributed by atoms with E-state index >= 15 is 0 Å². The first-order valence-electron chi connectivity index (χ1n) is 10.8. The fourth-order valence-corrected chi connectivity index (χ4v) is 5.37. The maximum absolute atomic E-state index is 13.2. The monoisotopic (exact) mass is 490 g/mol. The van der Waals surface area contributed by atoms with E-state index in [1.807, 2.05) is 42.6 Å². The van der Waals surface area contributed by atoms with Crippen LogP contribution < -0.4 is 0 Å². The van der Waals surface area contributed by atoms with Crippen LogP contribution in [0.4, 0.5) is 0 Å². The number of amides is 1. The molecule has 2 aromatic heterocycles. The topological polar surface area (TPSA) is 49.3 Å². The Morgan fingerprint density at radius 2 is 1.78 bits per heavy atom. The molecule has 0 spiro atoms. The van der Waals surface area contributed by atoms with Crippen LogP contribution in [0.25, 0.3) is 21.8 Å². The highest BCUT2D eigenvalue weighted by Crippen LogP contribution is 2.29. The molecule has 5 rings (SSSR count). The van der Waals surface area contributed by atoms with Crippen molar-refractivity contribution in [1.29, 1.82) is 0 Å². The number of halogens is 2. The third-order valence-corrected chi connectivity index (χ3v) is 7.04. The molecule has 5 nitrogen and oxygen atoms in total. The molecule has 0 unspecified atom stereocenters. The van der Waals surface area contributed by atoms with Crippen LogP contribution in [0.2, 0.25) is 0 Å². The van der Waals surface area contributed by atoms with Gasteiger partial charge < -0.3 is 9.80 Å². The molecule has 0 N–H and O–H groups in total. The number of benzene rings is 1. The van der Waals surface area contributed by atoms with Gasteiger partial charge in [-0.15, -0.1) is 36.2 Å². The number of thiazole rings is 1. The number of pyridine rings is 1. The smallest absolute Gasteiger partial charge is 0.254 e. The zero-order chi connectivity index (χ0) is 20.3. The molecule has 2 fully saturated rings. The summed E-state index contributed by atoms with van der Waals surface area (Å²) < 4.78 is 0. The SMILES string of the molecule is Cl.Cl.O=C(c1ccc(-c2nc(-c3cccnc3)cs2)cc1)N1CCC[C@H]1CN1CCCC1. The van der Waals surface area contributed by atoms with Crippen molar-refractivity contribution in [2.45, 2.75) is 31.7 Å². The van der Waals surface area contributed by atoms with Crippen molar-refractivity contribution < 1.29 is 4.79 Å². The van der Waals surface area contributed by atoms with Crippen LogP contribution >= 0.6 is 36.2 Å². The van der Waals surface area contributed by atoms with Gasteiger partial charge in [-0.2, -0.15) is 0 Å². The van der Waals surface area contributed by atoms with Gasteiger partial charge in [-0.3, -0.25) is 9.78 Å². The molecule has 170 valence electrons. The summed E-state index contributed by atoms with van der Waals surface area (Å²) in [5.41, 5.74) is 3.77. The molecular formula is C24H28Cl2N4OS. The van der Waals surface area contributed by atoms with Crippen molar-refractivity contribution in [3.63, 3.8) is 0 Å². The van der Waals surface area contributed by atoms with E-state index < -0.39 is 0 Å². The van der Waals surface area contributed by atoms with Crippen molar-refractivity contribution >= 4 is 42.1 Å². The fraction of sp³-hybridized carbons (Fsp3) is 0.375. The van der Waals surface area contributed by atoms with E-state index in [0.29, 0.717) is 6.04 Å². The number of rotatable bonds is 5. The number of likely N-dealkylation sites (tertiary alicyclic amines) is 2. The number of nitrogens with zero attached hydrogens (tertiary/aromatic N) is 4. The maximum Gasteiger partial charge on any atom is 0.254 e. The highest BCUT2D eigenvalue weighted by molar-refractivity contribution is 7.13. The van der Waals surface area contributed by atoms with Crippen LogP contribution in [0.5, 0.6) is 0 Å². The van der Waals surface area contributed by atoms with Gasteiger partial charge in [0.1, 0.15) is 5.01 Å². The lowest BCUT2D eigenvalue weighted by atomic mass is 10.1. The second-order valence-corrected chi connectivity index (χ2v) is 9.02. The van der Waals surface area contributed by atoms with E-state index in [0.717, 1.165) is 53.3 Å². The van der Waals surface area contributed by atoms with E-state index in [9.17, 15) is 4.79 Å². The van der Waals surface area contributed by atoms with Gasteiger partial charge in [-0.25, -0.2) is 4.98 Å². The average Bonchev–Trinajstić information content (AvgIpc) is 3.57. The molecule has 2 aliphatic heterocycles. The highest BCUT2D eigenvalue weighted by atomic mass is 35.5. The first-order valence-corrected chi connectivity index (χ1v) is 11.7. The van der Waals surface area contributed by atoms with Gasteiger partial charge in [0.05, 0.1) is 5.69 Å². The van der Waals surface area contributed by atoms with Crippen LogP contribution in [0.15, 0.2) is 54.2 Å². The highest BCUT2D eigenvalue weighted by Gasteiger charge is 2.31. The molecule has 1 amide bonds. The van der Waals surface area contributed by atoms with Crippen molar-refractivity contribution in [2.75, 3.05) is 26.2 Å². The van der Waals surface area contributed by atoms with E-state index in [4.69, 9.17) is 4.98 Å². The van der Waals surface area contributed by atoms with E-state index in [-0.39, 0.29) is 30.7 Å². The Balaban J connectivity index is 0.00000144. The largest absolute Gasteiger partial charge is 0.334 e. The van der Waals surface area contributed by atoms with Crippen LogP contribution in [0.1, 0.15) is 36.0 Å². The van der Waals surface area contributed by atoms with Crippen LogP contribution in [-0.2, 0) is 0 Å². The van der Waals surface area contributed by atoms with E-state index in [2.05, 4.69) is 20.2 Å². The zero-order valence-corrected chi connectivity index (χ0v) is 20.3. The molecule has 1 aromatic carbocycles. The predicted octanol–water partition coefficient (Wildman–Crippen LogP) is 5.42. The summed E-state index contributed by atoms with van der Waals surface area (Å²) in [6, 6.07) is 12.2. The molecule has 1 atom stereocenters. The Morgan fingerprint density at radius 3 is 2.50 bits per heavy atom. The minimum absolute atomic E-state index is 0. The third kappa shape index (κ3) is 5.31. The summed E-state index contributed by atoms with van der Waals surface area (Å²) in [4.78, 5) is 26.7. The second-order valence-electron chi connectivity index (χ2n) is 8.16. The van der Waals surface area contributed by atoms with E-state index in [1.165, 1.54) is 25.9 Å². The Morgan fingerprint density at radius 1 is 1.00 bits per heavy atom. The Kier molecular flexibility index (Phi) is 8.65. The number of aromatic nitrogens is 2. The molecule has 0 aliphatic carbocycles. The van der Waals surface area contributed by atoms with Gasteiger partial charge in [-0.05, 0) is 63.0 Å². The van der Waals surface area contributed by atoms with Gasteiger partial charge >= 0.3 is 0 Å². The minimum Gasteiger partial charge on any atom is -0.334 e. The Hall–Kier alpha value is -1.99. The second kappa shape index (κ2) is 11.2. The van der Waals surface area contributed by atoms with E-state index in [1.54, 1.807) is 17.5 Å². The zero-order valence-electron chi connectivity index (χ0n) is 17.9. The summed E-state index contributed by atoms with van der Waals surface area (Å²) in [6.07, 6.45) is 8.41. The molecule has 2 aliphatic rings. The van der Waals surface area contributed by atoms with Crippen LogP contribution in [-0.4, -0.2) is 57.9 Å². The van der Waals surface area contributed by atoms with Gasteiger partial charge in [0.25, 0.3) is 5.91 Å². The Bertz CT molecular complexity index is 1010. The van der Waals surface area contributed by atoms with Crippen molar-refractivity contribution in [2.24, 2.45) is 0 Å². The lowest BCUT2D eigenvalue weighted by Crippen LogP contribution is -2.42. The third-order valence-electron chi connectivity index (χ3n) is 6.15. The molecule has 0 bridgehead atoms. The molecular weight excluding hydrogens is 463 g/mol. The molecule has 4 heterocycles. The average molecular weight is 491 g/mol. The van der Waals surface area contributed by atoms with Gasteiger partial charge in [-0.1, -0.05) is 12.1 Å². The van der Waals surface area contributed by atoms with Crippen molar-refractivity contribution in [3.05, 3.63) is 59.7 Å². The lowest BCUT2D eigenvalue weighted by molar-refractivity contribution is 0.0709. The fourth-order valence-electron chi connectivity index (χ4n) is 4.53. The minimum atomic E-state index is 0. The molecule has 0 radical (unpaired) electrons. The van der Waals surface area contributed by atoms with Crippen molar-refractivity contribution in [1.82, 2.24) is 19.8 Å². The number of carbonyl (C=O) groups excluding carboxylic acids is 1. The summed E-state index contributed by atoms with van der Waals surface area (Å²) in [6.45, 7) is 4.27. The summed E-state index contributed by atoms with van der Waals surface area (Å²) in [7, 11) is 0. The summed E-state index contributed by atoms with van der Waals surface area (Å²) in [5.74, 6) is 0.165. The molecule has 8 heteroatoms. The normalized spacial score (nSPS) is 18.2. The van der Waals surface area contributed by atoms with Crippen LogP contribution in [0.3, 0.4) is 0 Å². The van der Waals surface area contributed by atoms with Gasteiger partial charge in [0, 0.05) is 53.6 Å². The number of hydrogen-bond donors (Lipinski definition) is 0.